The summed E-state index contributed by atoms with van der Waals surface area (Å²) in [6, 6.07) is 0. The van der Waals surface area contributed by atoms with E-state index in [1.165, 1.54) is 37.8 Å². The van der Waals surface area contributed by atoms with Crippen molar-refractivity contribution >= 4 is 5.78 Å². The molecule has 1 spiro atoms. The maximum atomic E-state index is 11.8. The molecule has 1 saturated heterocycles. The Balaban J connectivity index is 1.56. The molecular formula is C14H20N2O2. The van der Waals surface area contributed by atoms with E-state index in [1.807, 2.05) is 0 Å². The molecule has 1 saturated carbocycles. The smallest absolute Gasteiger partial charge is 0.182 e. The number of aromatic nitrogens is 2. The fraction of sp³-hybridized carbons (Fsp3) is 0.786. The van der Waals surface area contributed by atoms with Gasteiger partial charge in [0.15, 0.2) is 5.78 Å². The Hall–Kier alpha value is -1.03. The van der Waals surface area contributed by atoms with Crippen molar-refractivity contribution in [3.8, 4) is 0 Å². The zero-order chi connectivity index (χ0) is 12.2. The average molecular weight is 248 g/mol. The molecule has 0 bridgehead atoms. The van der Waals surface area contributed by atoms with Gasteiger partial charge in [-0.3, -0.25) is 14.6 Å². The molecule has 1 N–H and O–H groups in total. The van der Waals surface area contributed by atoms with Gasteiger partial charge in [-0.1, -0.05) is 19.3 Å². The van der Waals surface area contributed by atoms with Crippen LogP contribution in [0.3, 0.4) is 0 Å². The fourth-order valence-electron chi connectivity index (χ4n) is 3.69. The summed E-state index contributed by atoms with van der Waals surface area (Å²) in [5, 5.41) is 3.26. The third-order valence-electron chi connectivity index (χ3n) is 4.88. The van der Waals surface area contributed by atoms with Crippen LogP contribution in [0, 0.1) is 5.92 Å². The van der Waals surface area contributed by atoms with Gasteiger partial charge in [0.1, 0.15) is 11.3 Å². The number of ketones is 1. The number of carbonyl (C=O) groups excluding carboxylic acids is 1. The van der Waals surface area contributed by atoms with Crippen molar-refractivity contribution in [1.29, 1.82) is 0 Å². The van der Waals surface area contributed by atoms with Crippen LogP contribution in [-0.4, -0.2) is 22.2 Å². The van der Waals surface area contributed by atoms with E-state index in [9.17, 15) is 4.79 Å². The fourth-order valence-corrected chi connectivity index (χ4v) is 3.69. The van der Waals surface area contributed by atoms with Crippen molar-refractivity contribution in [1.82, 2.24) is 9.78 Å². The lowest BCUT2D eigenvalue weighted by atomic mass is 9.86. The number of Topliss-reactive ketones (excluding diaryl/α,β-unsaturated/α-hetero) is 1. The third-order valence-corrected chi connectivity index (χ3v) is 4.88. The van der Waals surface area contributed by atoms with Crippen molar-refractivity contribution in [3.05, 3.63) is 11.4 Å². The molecule has 0 aromatic carbocycles. The summed E-state index contributed by atoms with van der Waals surface area (Å²) in [5.74, 6) is 1.05. The van der Waals surface area contributed by atoms with Gasteiger partial charge in [0, 0.05) is 13.0 Å². The second-order valence-electron chi connectivity index (χ2n) is 6.16. The normalized spacial score (nSPS) is 31.9. The van der Waals surface area contributed by atoms with E-state index < -0.39 is 0 Å². The number of fused-ring (bicyclic) bond motifs is 2. The summed E-state index contributed by atoms with van der Waals surface area (Å²) in [5.41, 5.74) is 1.93. The van der Waals surface area contributed by atoms with Crippen LogP contribution < -0.4 is 0 Å². The van der Waals surface area contributed by atoms with Crippen LogP contribution in [0.4, 0.5) is 0 Å². The highest BCUT2D eigenvalue weighted by Gasteiger charge is 2.55. The molecule has 1 unspecified atom stereocenters. The number of epoxide rings is 1. The number of rotatable bonds is 2. The van der Waals surface area contributed by atoms with Gasteiger partial charge < -0.3 is 4.74 Å². The molecule has 1 aromatic heterocycles. The Morgan fingerprint density at radius 1 is 1.33 bits per heavy atom. The van der Waals surface area contributed by atoms with Crippen LogP contribution in [0.5, 0.6) is 0 Å². The van der Waals surface area contributed by atoms with E-state index in [4.69, 9.17) is 4.74 Å². The zero-order valence-electron chi connectivity index (χ0n) is 10.7. The van der Waals surface area contributed by atoms with Crippen LogP contribution >= 0.6 is 0 Å². The molecule has 1 aliphatic heterocycles. The molecule has 1 aromatic rings. The molecule has 18 heavy (non-hydrogen) atoms. The summed E-state index contributed by atoms with van der Waals surface area (Å²) in [4.78, 5) is 11.8. The van der Waals surface area contributed by atoms with Crippen molar-refractivity contribution in [2.45, 2.75) is 57.1 Å². The van der Waals surface area contributed by atoms with E-state index in [-0.39, 0.29) is 11.4 Å². The minimum absolute atomic E-state index is 0.0802. The first-order valence-corrected chi connectivity index (χ1v) is 7.25. The van der Waals surface area contributed by atoms with E-state index in [1.54, 1.807) is 0 Å². The lowest BCUT2D eigenvalue weighted by molar-refractivity contribution is 0.0910. The Kier molecular flexibility index (Phi) is 2.25. The summed E-state index contributed by atoms with van der Waals surface area (Å²) in [6.45, 7) is 1.86. The van der Waals surface area contributed by atoms with Gasteiger partial charge in [-0.05, 0) is 25.2 Å². The Morgan fingerprint density at radius 3 is 2.83 bits per heavy atom. The highest BCUT2D eigenvalue weighted by molar-refractivity contribution is 5.97. The molecule has 2 aliphatic carbocycles. The van der Waals surface area contributed by atoms with Crippen molar-refractivity contribution in [2.75, 3.05) is 6.61 Å². The van der Waals surface area contributed by atoms with Gasteiger partial charge in [-0.2, -0.15) is 0 Å². The number of nitrogens with one attached hydrogen (secondary N) is 1. The quantitative estimate of drug-likeness (QED) is 0.818. The Bertz CT molecular complexity index is 475. The number of carbonyl (C=O) groups is 1. The molecule has 4 nitrogen and oxygen atoms in total. The molecule has 4 rings (SSSR count). The molecule has 0 amide bonds. The number of ether oxygens (including phenoxy) is 1. The summed E-state index contributed by atoms with van der Waals surface area (Å²) in [6.07, 6.45) is 8.32. The van der Waals surface area contributed by atoms with Crippen LogP contribution in [-0.2, 0) is 16.9 Å². The monoisotopic (exact) mass is 248 g/mol. The zero-order valence-corrected chi connectivity index (χ0v) is 10.7. The first kappa shape index (κ1) is 10.9. The first-order chi connectivity index (χ1) is 8.78. The number of hydrogen-bond acceptors (Lipinski definition) is 2. The van der Waals surface area contributed by atoms with Gasteiger partial charge in [0.2, 0.25) is 0 Å². The lowest BCUT2D eigenvalue weighted by Crippen LogP contribution is -2.37. The predicted octanol–water partition coefficient (Wildman–Crippen LogP) is 2.60. The third kappa shape index (κ3) is 1.51. The molecule has 98 valence electrons. The van der Waals surface area contributed by atoms with Crippen molar-refractivity contribution in [3.63, 3.8) is 0 Å². The minimum atomic E-state index is -0.0802. The van der Waals surface area contributed by atoms with Gasteiger partial charge >= 0.3 is 0 Å². The molecular weight excluding hydrogens is 228 g/mol. The van der Waals surface area contributed by atoms with Gasteiger partial charge in [0.25, 0.3) is 0 Å². The Morgan fingerprint density at radius 2 is 2.11 bits per heavy atom. The van der Waals surface area contributed by atoms with Crippen LogP contribution in [0.2, 0.25) is 0 Å². The van der Waals surface area contributed by atoms with Crippen LogP contribution in [0.25, 0.3) is 0 Å². The van der Waals surface area contributed by atoms with Gasteiger partial charge in [-0.15, -0.1) is 0 Å². The number of aromatic amines is 1. The minimum Gasteiger partial charge on any atom is -0.363 e. The standard InChI is InChI=1S/C14H20N2O2/c17-11-6-7-14(9-18-14)13-12(11)15-16(13)8-10-4-2-1-3-5-10/h10,15H,1-9H2. The second kappa shape index (κ2) is 3.73. The Labute approximate surface area is 107 Å². The number of hydrogen-bond donors (Lipinski definition) is 1. The van der Waals surface area contributed by atoms with E-state index in [0.29, 0.717) is 6.42 Å². The van der Waals surface area contributed by atoms with E-state index in [0.717, 1.165) is 31.2 Å². The van der Waals surface area contributed by atoms with Gasteiger partial charge in [-0.25, -0.2) is 0 Å². The topological polar surface area (TPSA) is 50.3 Å². The van der Waals surface area contributed by atoms with Crippen LogP contribution in [0.1, 0.15) is 61.1 Å². The molecule has 4 heteroatoms. The number of nitrogens with zero attached hydrogens (tertiary/aromatic N) is 1. The van der Waals surface area contributed by atoms with E-state index in [2.05, 4.69) is 9.78 Å². The maximum Gasteiger partial charge on any atom is 0.182 e. The molecule has 2 heterocycles. The molecule has 0 radical (unpaired) electrons. The second-order valence-corrected chi connectivity index (χ2v) is 6.16. The lowest BCUT2D eigenvalue weighted by Gasteiger charge is -2.33. The SMILES string of the molecule is O=C1CCC2(CO2)c2c1[nH]n2CC1CCCCC1. The molecule has 2 fully saturated rings. The maximum absolute atomic E-state index is 11.8. The van der Waals surface area contributed by atoms with Crippen molar-refractivity contribution < 1.29 is 9.53 Å². The first-order valence-electron chi connectivity index (χ1n) is 7.25. The highest BCUT2D eigenvalue weighted by atomic mass is 16.6. The van der Waals surface area contributed by atoms with E-state index >= 15 is 0 Å². The summed E-state index contributed by atoms with van der Waals surface area (Å²) >= 11 is 0. The largest absolute Gasteiger partial charge is 0.363 e. The molecule has 3 aliphatic rings. The number of H-pyrrole nitrogens is 1. The summed E-state index contributed by atoms with van der Waals surface area (Å²) in [7, 11) is 0. The highest BCUT2D eigenvalue weighted by Crippen LogP contribution is 2.48. The van der Waals surface area contributed by atoms with Gasteiger partial charge in [0.05, 0.1) is 12.3 Å². The van der Waals surface area contributed by atoms with Crippen LogP contribution in [0.15, 0.2) is 0 Å². The predicted molar refractivity (Wildman–Crippen MR) is 66.6 cm³/mol. The summed E-state index contributed by atoms with van der Waals surface area (Å²) < 4.78 is 7.85. The van der Waals surface area contributed by atoms with Crippen molar-refractivity contribution in [2.24, 2.45) is 5.92 Å². The molecule has 1 atom stereocenters. The average Bonchev–Trinajstić information content (AvgIpc) is 3.12.